The molecule has 1 fully saturated rings. The number of phenols is 1. The van der Waals surface area contributed by atoms with E-state index in [0.29, 0.717) is 24.5 Å². The molecule has 2 aromatic carbocycles. The molecule has 8 heteroatoms. The zero-order chi connectivity index (χ0) is 26.7. The van der Waals surface area contributed by atoms with Crippen molar-refractivity contribution in [2.24, 2.45) is 0 Å². The second-order valence-electron chi connectivity index (χ2n) is 10.4. The predicted molar refractivity (Wildman–Crippen MR) is 156 cm³/mol. The van der Waals surface area contributed by atoms with Gasteiger partial charge in [-0.25, -0.2) is 0 Å². The number of nitrogens with one attached hydrogen (secondary N) is 3. The highest BCUT2D eigenvalue weighted by Crippen LogP contribution is 2.28. The van der Waals surface area contributed by atoms with Crippen molar-refractivity contribution in [3.05, 3.63) is 62.8 Å². The summed E-state index contributed by atoms with van der Waals surface area (Å²) in [5.74, 6) is 0.358. The fraction of sp³-hybridized carbons (Fsp3) is 0.533. The highest BCUT2D eigenvalue weighted by atomic mass is 32.1. The van der Waals surface area contributed by atoms with Gasteiger partial charge in [0.25, 0.3) is 0 Å². The summed E-state index contributed by atoms with van der Waals surface area (Å²) < 4.78 is 0.821. The van der Waals surface area contributed by atoms with E-state index in [9.17, 15) is 14.7 Å². The quantitative estimate of drug-likeness (QED) is 0.190. The second kappa shape index (κ2) is 14.5. The lowest BCUT2D eigenvalue weighted by Gasteiger charge is -2.32. The number of nitrogens with zero attached hydrogens (tertiary/aromatic N) is 1. The van der Waals surface area contributed by atoms with Crippen molar-refractivity contribution in [1.29, 1.82) is 0 Å². The highest BCUT2D eigenvalue weighted by molar-refractivity contribution is 7.16. The van der Waals surface area contributed by atoms with Crippen molar-refractivity contribution in [2.45, 2.75) is 70.8 Å². The zero-order valence-corrected chi connectivity index (χ0v) is 23.4. The third kappa shape index (κ3) is 8.16. The molecule has 0 aliphatic heterocycles. The van der Waals surface area contributed by atoms with Crippen molar-refractivity contribution in [3.8, 4) is 5.75 Å². The van der Waals surface area contributed by atoms with Crippen molar-refractivity contribution >= 4 is 27.5 Å². The topological polar surface area (TPSA) is 97.5 Å². The van der Waals surface area contributed by atoms with Gasteiger partial charge in [0.05, 0.1) is 4.70 Å². The molecule has 4 N–H and O–H groups in total. The Hall–Kier alpha value is -2.68. The van der Waals surface area contributed by atoms with Crippen LogP contribution in [0.15, 0.2) is 41.2 Å². The van der Waals surface area contributed by atoms with E-state index in [1.807, 2.05) is 6.07 Å². The van der Waals surface area contributed by atoms with Crippen LogP contribution in [0.2, 0.25) is 0 Å². The minimum absolute atomic E-state index is 0.109. The van der Waals surface area contributed by atoms with Crippen LogP contribution >= 0.6 is 11.3 Å². The summed E-state index contributed by atoms with van der Waals surface area (Å²) in [7, 11) is 0. The second-order valence-corrected chi connectivity index (χ2v) is 11.4. The van der Waals surface area contributed by atoms with Gasteiger partial charge >= 0.3 is 4.87 Å². The van der Waals surface area contributed by atoms with Crippen molar-refractivity contribution in [3.63, 3.8) is 0 Å². The number of aromatic amines is 1. The molecule has 1 saturated carbocycles. The maximum atomic E-state index is 13.3. The van der Waals surface area contributed by atoms with Crippen LogP contribution in [0.25, 0.3) is 10.2 Å². The molecule has 1 amide bonds. The minimum Gasteiger partial charge on any atom is -0.506 e. The van der Waals surface area contributed by atoms with Gasteiger partial charge < -0.3 is 25.6 Å². The first-order valence-corrected chi connectivity index (χ1v) is 14.9. The molecule has 3 aromatic rings. The lowest BCUT2D eigenvalue weighted by molar-refractivity contribution is -0.133. The van der Waals surface area contributed by atoms with Gasteiger partial charge in [0, 0.05) is 32.1 Å². The number of phenolic OH excluding ortho intramolecular Hbond substituents is 1. The van der Waals surface area contributed by atoms with E-state index in [1.54, 1.807) is 6.07 Å². The van der Waals surface area contributed by atoms with Gasteiger partial charge in [0.2, 0.25) is 5.91 Å². The summed E-state index contributed by atoms with van der Waals surface area (Å²) in [6.07, 6.45) is 9.40. The van der Waals surface area contributed by atoms with Gasteiger partial charge in [0.15, 0.2) is 0 Å². The van der Waals surface area contributed by atoms with E-state index in [2.05, 4.69) is 51.7 Å². The Kier molecular flexibility index (Phi) is 10.8. The van der Waals surface area contributed by atoms with Crippen LogP contribution in [-0.4, -0.2) is 59.7 Å². The third-order valence-electron chi connectivity index (χ3n) is 7.51. The number of aromatic hydroxyl groups is 1. The number of carbonyl (C=O) groups excluding carboxylic acids is 1. The molecule has 1 heterocycles. The van der Waals surface area contributed by atoms with Gasteiger partial charge in [-0.15, -0.1) is 0 Å². The van der Waals surface area contributed by atoms with E-state index >= 15 is 0 Å². The number of rotatable bonds is 13. The molecule has 0 saturated heterocycles. The molecular formula is C30H42N4O3S. The van der Waals surface area contributed by atoms with Crippen molar-refractivity contribution in [2.75, 3.05) is 32.7 Å². The van der Waals surface area contributed by atoms with Gasteiger partial charge in [-0.05, 0) is 62.9 Å². The third-order valence-corrected chi connectivity index (χ3v) is 8.47. The molecule has 206 valence electrons. The molecule has 1 aromatic heterocycles. The number of aromatic nitrogens is 1. The van der Waals surface area contributed by atoms with E-state index in [0.717, 1.165) is 73.5 Å². The number of thiazole rings is 1. The van der Waals surface area contributed by atoms with E-state index < -0.39 is 0 Å². The molecular weight excluding hydrogens is 496 g/mol. The van der Waals surface area contributed by atoms with E-state index in [-0.39, 0.29) is 16.5 Å². The maximum absolute atomic E-state index is 13.3. The summed E-state index contributed by atoms with van der Waals surface area (Å²) in [5, 5.41) is 17.0. The molecule has 0 atom stereocenters. The number of amides is 1. The average Bonchev–Trinajstić information content (AvgIpc) is 3.11. The normalized spacial score (nSPS) is 14.6. The number of aryl methyl sites for hydroxylation is 1. The Balaban J connectivity index is 1.24. The molecule has 0 spiro atoms. The Morgan fingerprint density at radius 3 is 2.58 bits per heavy atom. The number of hydrogen-bond acceptors (Lipinski definition) is 6. The highest BCUT2D eigenvalue weighted by Gasteiger charge is 2.24. The summed E-state index contributed by atoms with van der Waals surface area (Å²) in [5.41, 5.74) is 4.18. The summed E-state index contributed by atoms with van der Waals surface area (Å²) in [6.45, 7) is 5.91. The largest absolute Gasteiger partial charge is 0.506 e. The molecule has 38 heavy (non-hydrogen) atoms. The molecule has 0 unspecified atom stereocenters. The average molecular weight is 539 g/mol. The lowest BCUT2D eigenvalue weighted by atomic mass is 10.1. The molecule has 1 aliphatic carbocycles. The van der Waals surface area contributed by atoms with Gasteiger partial charge in [-0.1, -0.05) is 72.9 Å². The van der Waals surface area contributed by atoms with Crippen molar-refractivity contribution < 1.29 is 9.90 Å². The van der Waals surface area contributed by atoms with Crippen LogP contribution in [0.1, 0.15) is 61.6 Å². The van der Waals surface area contributed by atoms with Crippen LogP contribution in [-0.2, 0) is 17.6 Å². The van der Waals surface area contributed by atoms with Crippen LogP contribution in [0, 0.1) is 6.92 Å². The molecule has 1 aliphatic rings. The fourth-order valence-electron chi connectivity index (χ4n) is 5.46. The summed E-state index contributed by atoms with van der Waals surface area (Å²) >= 11 is 1.14. The standard InChI is InChI=1S/C30H42N4O3S/c1-22-7-6-8-23(21-22)13-16-31-18-15-27(36)34(25-9-4-2-3-5-10-25)20-19-32-17-14-24-11-12-26(35)28-29(24)38-30(37)33-28/h6-8,11-12,21,25,31-32,35H,2-5,9-10,13-20H2,1H3,(H,33,37). The molecule has 7 nitrogen and oxygen atoms in total. The van der Waals surface area contributed by atoms with E-state index in [1.165, 1.54) is 36.8 Å². The van der Waals surface area contributed by atoms with E-state index in [4.69, 9.17) is 0 Å². The van der Waals surface area contributed by atoms with Crippen molar-refractivity contribution in [1.82, 2.24) is 20.5 Å². The maximum Gasteiger partial charge on any atom is 0.305 e. The number of benzene rings is 2. The zero-order valence-electron chi connectivity index (χ0n) is 22.6. The monoisotopic (exact) mass is 538 g/mol. The van der Waals surface area contributed by atoms with Crippen LogP contribution in [0.5, 0.6) is 5.75 Å². The minimum atomic E-state index is -0.155. The fourth-order valence-corrected chi connectivity index (χ4v) is 6.36. The number of carbonyl (C=O) groups is 1. The van der Waals surface area contributed by atoms with Crippen LogP contribution in [0.3, 0.4) is 0 Å². The molecule has 0 bridgehead atoms. The molecule has 0 radical (unpaired) electrons. The number of fused-ring (bicyclic) bond motifs is 1. The van der Waals surface area contributed by atoms with Gasteiger partial charge in [-0.3, -0.25) is 9.59 Å². The summed E-state index contributed by atoms with van der Waals surface area (Å²) in [4.78, 5) is 29.8. The van der Waals surface area contributed by atoms with Gasteiger partial charge in [-0.2, -0.15) is 0 Å². The Labute approximate surface area is 229 Å². The SMILES string of the molecule is Cc1cccc(CCNCCC(=O)N(CCNCCc2ccc(O)c3[nH]c(=O)sc23)C2CCCCCC2)c1. The summed E-state index contributed by atoms with van der Waals surface area (Å²) in [6, 6.07) is 12.5. The lowest BCUT2D eigenvalue weighted by Crippen LogP contribution is -2.45. The van der Waals surface area contributed by atoms with Crippen LogP contribution < -0.4 is 15.5 Å². The first-order chi connectivity index (χ1) is 18.5. The Morgan fingerprint density at radius 2 is 1.79 bits per heavy atom. The predicted octanol–water partition coefficient (Wildman–Crippen LogP) is 4.51. The Bertz CT molecular complexity index is 1230. The van der Waals surface area contributed by atoms with Gasteiger partial charge in [0.1, 0.15) is 11.3 Å². The number of H-pyrrole nitrogens is 1. The Morgan fingerprint density at radius 1 is 1.03 bits per heavy atom. The van der Waals surface area contributed by atoms with Crippen LogP contribution in [0.4, 0.5) is 0 Å². The smallest absolute Gasteiger partial charge is 0.305 e. The first-order valence-electron chi connectivity index (χ1n) is 14.1. The first kappa shape index (κ1) is 28.3. The molecule has 4 rings (SSSR count). The number of hydrogen-bond donors (Lipinski definition) is 4.